The number of methoxy groups -OCH3 is 1. The van der Waals surface area contributed by atoms with Gasteiger partial charge < -0.3 is 24.8 Å². The number of para-hydroxylation sites is 1. The van der Waals surface area contributed by atoms with Crippen molar-refractivity contribution in [3.8, 4) is 5.75 Å². The maximum absolute atomic E-state index is 10.9. The lowest BCUT2D eigenvalue weighted by Crippen LogP contribution is -2.29. The van der Waals surface area contributed by atoms with E-state index in [1.807, 2.05) is 30.3 Å². The lowest BCUT2D eigenvalue weighted by molar-refractivity contribution is 0.255. The molecule has 0 amide bonds. The molecular weight excluding hydrogens is 488 g/mol. The number of nitrogens with one attached hydrogen (secondary N) is 3. The summed E-state index contributed by atoms with van der Waals surface area (Å²) >= 11 is 3.98. The van der Waals surface area contributed by atoms with Crippen molar-refractivity contribution in [2.45, 2.75) is 25.3 Å². The van der Waals surface area contributed by atoms with Crippen molar-refractivity contribution >= 4 is 46.0 Å². The number of piperidine rings is 1. The summed E-state index contributed by atoms with van der Waals surface area (Å²) in [5.74, 6) is 1.97. The molecule has 186 valence electrons. The molecule has 0 spiro atoms. The Hall–Kier alpha value is -2.76. The second-order valence-electron chi connectivity index (χ2n) is 8.39. The van der Waals surface area contributed by atoms with E-state index in [1.165, 1.54) is 11.8 Å². The quantitative estimate of drug-likeness (QED) is 0.361. The van der Waals surface area contributed by atoms with Crippen LogP contribution in [0.1, 0.15) is 29.9 Å². The van der Waals surface area contributed by atoms with Crippen molar-refractivity contribution < 1.29 is 13.5 Å². The number of hydrogen-bond donors (Lipinski definition) is 3. The molecule has 1 fully saturated rings. The average molecular weight is 516 g/mol. The zero-order valence-corrected chi connectivity index (χ0v) is 21.2. The Morgan fingerprint density at radius 1 is 1.17 bits per heavy atom. The molecule has 3 aromatic rings. The third-order valence-electron chi connectivity index (χ3n) is 6.06. The second kappa shape index (κ2) is 11.8. The first-order chi connectivity index (χ1) is 16.9. The molecule has 4 rings (SSSR count). The van der Waals surface area contributed by atoms with Gasteiger partial charge in [-0.05, 0) is 68.2 Å². The third-order valence-corrected chi connectivity index (χ3v) is 6.71. The minimum absolute atomic E-state index is 0.133. The fraction of sp³-hybridized carbons (Fsp3) is 0.333. The number of nitrogens with zero attached hydrogens (tertiary/aromatic N) is 3. The second-order valence-corrected chi connectivity index (χ2v) is 9.56. The average Bonchev–Trinajstić information content (AvgIpc) is 2.86. The number of rotatable bonds is 9. The van der Waals surface area contributed by atoms with Gasteiger partial charge in [0.15, 0.2) is 5.82 Å². The third kappa shape index (κ3) is 6.68. The first kappa shape index (κ1) is 25.3. The van der Waals surface area contributed by atoms with Gasteiger partial charge in [-0.25, -0.2) is 9.71 Å². The topological polar surface area (TPSA) is 114 Å². The highest BCUT2D eigenvalue weighted by molar-refractivity contribution is 7.77. The maximum atomic E-state index is 10.9. The van der Waals surface area contributed by atoms with E-state index in [0.717, 1.165) is 42.9 Å². The number of aromatic nitrogens is 2. The monoisotopic (exact) mass is 515 g/mol. The van der Waals surface area contributed by atoms with E-state index in [9.17, 15) is 8.76 Å². The Morgan fingerprint density at radius 3 is 2.69 bits per heavy atom. The molecule has 35 heavy (non-hydrogen) atoms. The molecule has 11 heteroatoms. The number of halogens is 1. The van der Waals surface area contributed by atoms with E-state index in [4.69, 9.17) is 16.3 Å². The first-order valence-electron chi connectivity index (χ1n) is 11.3. The highest BCUT2D eigenvalue weighted by atomic mass is 35.5. The Balaban J connectivity index is 1.52. The molecule has 0 radical (unpaired) electrons. The smallest absolute Gasteiger partial charge is 0.229 e. The van der Waals surface area contributed by atoms with E-state index in [2.05, 4.69) is 49.4 Å². The van der Waals surface area contributed by atoms with Crippen molar-refractivity contribution in [3.05, 3.63) is 64.8 Å². The molecule has 1 atom stereocenters. The summed E-state index contributed by atoms with van der Waals surface area (Å²) in [6, 6.07) is 13.5. The zero-order chi connectivity index (χ0) is 24.8. The summed E-state index contributed by atoms with van der Waals surface area (Å²) in [5.41, 5.74) is 3.44. The lowest BCUT2D eigenvalue weighted by atomic mass is 9.89. The molecule has 9 nitrogen and oxygen atoms in total. The van der Waals surface area contributed by atoms with Crippen LogP contribution in [0.15, 0.2) is 48.7 Å². The van der Waals surface area contributed by atoms with Crippen LogP contribution in [-0.4, -0.2) is 50.9 Å². The van der Waals surface area contributed by atoms with Crippen LogP contribution in [0.25, 0.3) is 0 Å². The minimum atomic E-state index is -2.36. The molecule has 0 saturated carbocycles. The summed E-state index contributed by atoms with van der Waals surface area (Å²) in [5, 5.41) is 6.73. The fourth-order valence-corrected chi connectivity index (χ4v) is 4.51. The molecule has 2 heterocycles. The van der Waals surface area contributed by atoms with Gasteiger partial charge in [0.2, 0.25) is 5.95 Å². The molecule has 2 aromatic carbocycles. The number of hydrogen-bond acceptors (Lipinski definition) is 8. The normalized spacial score (nSPS) is 15.5. The summed E-state index contributed by atoms with van der Waals surface area (Å²) in [4.78, 5) is 11.2. The van der Waals surface area contributed by atoms with Crippen LogP contribution in [0.5, 0.6) is 5.75 Å². The van der Waals surface area contributed by atoms with Crippen molar-refractivity contribution in [1.82, 2.24) is 19.6 Å². The van der Waals surface area contributed by atoms with Crippen molar-refractivity contribution in [1.29, 1.82) is 0 Å². The highest BCUT2D eigenvalue weighted by Gasteiger charge is 2.20. The van der Waals surface area contributed by atoms with Crippen LogP contribution in [0.3, 0.4) is 0 Å². The minimum Gasteiger partial charge on any atom is -0.760 e. The van der Waals surface area contributed by atoms with E-state index >= 15 is 0 Å². The van der Waals surface area contributed by atoms with Gasteiger partial charge in [0.05, 0.1) is 19.0 Å². The molecule has 3 N–H and O–H groups in total. The molecule has 1 unspecified atom stereocenters. The van der Waals surface area contributed by atoms with Gasteiger partial charge in [-0.15, -0.1) is 0 Å². The standard InChI is InChI=1S/C24H29ClN6O3S/c1-31-11-9-16(10-12-31)17-7-8-21(22(13-17)34-2)29-24-26-15-19(25)23(30-24)28-20-6-4-3-5-18(20)14-27-35(32)33/h3-8,13,15-16,27H,9-12,14H2,1-2H3,(H,32,33)(H2,26,28,29,30)/p-1. The molecule has 0 aliphatic carbocycles. The maximum Gasteiger partial charge on any atom is 0.229 e. The lowest BCUT2D eigenvalue weighted by Gasteiger charge is -2.29. The van der Waals surface area contributed by atoms with E-state index in [1.54, 1.807) is 7.11 Å². The summed E-state index contributed by atoms with van der Waals surface area (Å²) in [7, 11) is 3.80. The largest absolute Gasteiger partial charge is 0.760 e. The summed E-state index contributed by atoms with van der Waals surface area (Å²) in [6.45, 7) is 2.32. The van der Waals surface area contributed by atoms with Crippen LogP contribution in [0, 0.1) is 0 Å². The van der Waals surface area contributed by atoms with Gasteiger partial charge in [-0.1, -0.05) is 35.9 Å². The van der Waals surface area contributed by atoms with Gasteiger partial charge in [0.1, 0.15) is 10.8 Å². The van der Waals surface area contributed by atoms with Crippen LogP contribution in [0.2, 0.25) is 5.02 Å². The van der Waals surface area contributed by atoms with Gasteiger partial charge in [0, 0.05) is 23.5 Å². The van der Waals surface area contributed by atoms with Crippen molar-refractivity contribution in [3.63, 3.8) is 0 Å². The molecular formula is C24H28ClN6O3S-. The van der Waals surface area contributed by atoms with Crippen LogP contribution >= 0.6 is 11.6 Å². The van der Waals surface area contributed by atoms with Crippen LogP contribution in [-0.2, 0) is 17.8 Å². The highest BCUT2D eigenvalue weighted by Crippen LogP contribution is 2.35. The Bertz CT molecular complexity index is 1190. The molecule has 0 bridgehead atoms. The first-order valence-corrected chi connectivity index (χ1v) is 12.7. The van der Waals surface area contributed by atoms with Crippen molar-refractivity contribution in [2.75, 3.05) is 37.9 Å². The molecule has 1 saturated heterocycles. The molecule has 1 aliphatic rings. The Labute approximate surface area is 212 Å². The summed E-state index contributed by atoms with van der Waals surface area (Å²) in [6.07, 6.45) is 3.76. The van der Waals surface area contributed by atoms with Gasteiger partial charge in [0.25, 0.3) is 0 Å². The number of ether oxygens (including phenoxy) is 1. The number of anilines is 4. The van der Waals surface area contributed by atoms with Gasteiger partial charge >= 0.3 is 0 Å². The van der Waals surface area contributed by atoms with Crippen molar-refractivity contribution in [2.24, 2.45) is 0 Å². The predicted octanol–water partition coefficient (Wildman–Crippen LogP) is 4.32. The Morgan fingerprint density at radius 2 is 1.94 bits per heavy atom. The van der Waals surface area contributed by atoms with Crippen LogP contribution in [0.4, 0.5) is 23.1 Å². The number of benzene rings is 2. The zero-order valence-electron chi connectivity index (χ0n) is 19.6. The fourth-order valence-electron chi connectivity index (χ4n) is 4.10. The molecule has 1 aromatic heterocycles. The predicted molar refractivity (Wildman–Crippen MR) is 138 cm³/mol. The van der Waals surface area contributed by atoms with Crippen LogP contribution < -0.4 is 20.1 Å². The molecule has 1 aliphatic heterocycles. The van der Waals surface area contributed by atoms with Gasteiger partial charge in [-0.3, -0.25) is 4.21 Å². The summed E-state index contributed by atoms with van der Waals surface area (Å²) < 4.78 is 29.8. The van der Waals surface area contributed by atoms with E-state index < -0.39 is 11.3 Å². The van der Waals surface area contributed by atoms with Gasteiger partial charge in [-0.2, -0.15) is 4.98 Å². The SMILES string of the molecule is COc1cc(C2CCN(C)CC2)ccc1Nc1ncc(Cl)c(Nc2ccccc2CNS(=O)[O-])n1. The Kier molecular flexibility index (Phi) is 8.53. The number of likely N-dealkylation sites (tertiary alicyclic amines) is 1. The van der Waals surface area contributed by atoms with E-state index in [0.29, 0.717) is 28.4 Å². The van der Waals surface area contributed by atoms with E-state index in [-0.39, 0.29) is 6.54 Å².